The molecule has 30 heavy (non-hydrogen) atoms. The molecular weight excluding hydrogens is 442 g/mol. The number of ether oxygens (including phenoxy) is 1. The van der Waals surface area contributed by atoms with Crippen LogP contribution in [-0.2, 0) is 11.3 Å². The zero-order valence-electron chi connectivity index (χ0n) is 16.8. The van der Waals surface area contributed by atoms with Crippen molar-refractivity contribution >= 4 is 27.4 Å². The van der Waals surface area contributed by atoms with E-state index < -0.39 is 6.04 Å². The highest BCUT2D eigenvalue weighted by molar-refractivity contribution is 9.10. The van der Waals surface area contributed by atoms with Gasteiger partial charge in [0.2, 0.25) is 0 Å². The van der Waals surface area contributed by atoms with Crippen molar-refractivity contribution in [1.29, 1.82) is 0 Å². The minimum Gasteiger partial charge on any atom is -0.503 e. The maximum Gasteiger partial charge on any atom is 0.290 e. The van der Waals surface area contributed by atoms with E-state index in [9.17, 15) is 9.90 Å². The number of rotatable bonds is 5. The third kappa shape index (κ3) is 3.73. The first-order valence-corrected chi connectivity index (χ1v) is 10.5. The quantitative estimate of drug-likeness (QED) is 0.518. The summed E-state index contributed by atoms with van der Waals surface area (Å²) >= 11 is 3.63. The van der Waals surface area contributed by atoms with Crippen LogP contribution in [0.25, 0.3) is 5.57 Å². The van der Waals surface area contributed by atoms with Gasteiger partial charge >= 0.3 is 0 Å². The fourth-order valence-corrected chi connectivity index (χ4v) is 4.33. The molecule has 1 atom stereocenters. The lowest BCUT2D eigenvalue weighted by atomic mass is 9.93. The van der Waals surface area contributed by atoms with Crippen LogP contribution in [0.15, 0.2) is 83.0 Å². The normalized spacial score (nSPS) is 16.3. The van der Waals surface area contributed by atoms with Gasteiger partial charge in [-0.15, -0.1) is 0 Å². The summed E-state index contributed by atoms with van der Waals surface area (Å²) in [5.74, 6) is 0.143. The Morgan fingerprint density at radius 3 is 2.47 bits per heavy atom. The number of hydrogen-bond donors (Lipinski definition) is 1. The average Bonchev–Trinajstić information content (AvgIpc) is 3.00. The maximum absolute atomic E-state index is 13.2. The lowest BCUT2D eigenvalue weighted by Gasteiger charge is -2.28. The first-order chi connectivity index (χ1) is 14.5. The molecular formula is C25H22BrNO3. The van der Waals surface area contributed by atoms with Gasteiger partial charge in [0.15, 0.2) is 5.76 Å². The standard InChI is InChI=1S/C25H22BrNO3/c1-16-10-12-18(13-11-16)22-23(20-8-3-4-9-21(20)26)27(25(29)24(22)28)15-17-6-5-7-19(14-17)30-2/h3-14,23,28H,15H2,1-2H3/t23-/m0/s1. The highest BCUT2D eigenvalue weighted by atomic mass is 79.9. The number of hydrogen-bond acceptors (Lipinski definition) is 3. The fraction of sp³-hybridized carbons (Fsp3) is 0.160. The number of nitrogens with zero attached hydrogens (tertiary/aromatic N) is 1. The number of aliphatic hydroxyl groups excluding tert-OH is 1. The average molecular weight is 464 g/mol. The number of methoxy groups -OCH3 is 1. The number of halogens is 1. The molecule has 0 bridgehead atoms. The number of carbonyl (C=O) groups excluding carboxylic acids is 1. The molecule has 0 unspecified atom stereocenters. The molecule has 3 aromatic carbocycles. The van der Waals surface area contributed by atoms with Crippen molar-refractivity contribution in [2.45, 2.75) is 19.5 Å². The molecule has 0 saturated carbocycles. The van der Waals surface area contributed by atoms with E-state index in [1.54, 1.807) is 12.0 Å². The summed E-state index contributed by atoms with van der Waals surface area (Å²) < 4.78 is 6.22. The first kappa shape index (κ1) is 20.2. The Morgan fingerprint density at radius 2 is 1.77 bits per heavy atom. The van der Waals surface area contributed by atoms with Crippen LogP contribution in [0.3, 0.4) is 0 Å². The molecule has 5 heteroatoms. The second kappa shape index (κ2) is 8.36. The van der Waals surface area contributed by atoms with Crippen LogP contribution in [0.4, 0.5) is 0 Å². The Balaban J connectivity index is 1.82. The Labute approximate surface area is 184 Å². The molecule has 1 aliphatic heterocycles. The van der Waals surface area contributed by atoms with Gasteiger partial charge in [-0.2, -0.15) is 0 Å². The Morgan fingerprint density at radius 1 is 1.03 bits per heavy atom. The van der Waals surface area contributed by atoms with Crippen molar-refractivity contribution in [3.8, 4) is 5.75 Å². The predicted molar refractivity (Wildman–Crippen MR) is 121 cm³/mol. The topological polar surface area (TPSA) is 49.8 Å². The van der Waals surface area contributed by atoms with Gasteiger partial charge in [-0.1, -0.05) is 76.1 Å². The summed E-state index contributed by atoms with van der Waals surface area (Å²) in [5, 5.41) is 10.9. The Bertz CT molecular complexity index is 1120. The summed E-state index contributed by atoms with van der Waals surface area (Å²) in [6.45, 7) is 2.36. The van der Waals surface area contributed by atoms with Gasteiger partial charge in [0.05, 0.1) is 13.2 Å². The van der Waals surface area contributed by atoms with Crippen LogP contribution in [-0.4, -0.2) is 23.0 Å². The summed E-state index contributed by atoms with van der Waals surface area (Å²) in [5.41, 5.74) is 4.43. The summed E-state index contributed by atoms with van der Waals surface area (Å²) in [6, 6.07) is 22.9. The Kier molecular flexibility index (Phi) is 5.64. The van der Waals surface area contributed by atoms with Crippen LogP contribution in [0, 0.1) is 6.92 Å². The highest BCUT2D eigenvalue weighted by Crippen LogP contribution is 2.45. The molecule has 1 aliphatic rings. The molecule has 1 heterocycles. The van der Waals surface area contributed by atoms with Crippen molar-refractivity contribution in [2.75, 3.05) is 7.11 Å². The van der Waals surface area contributed by atoms with Crippen LogP contribution in [0.5, 0.6) is 5.75 Å². The van der Waals surface area contributed by atoms with Crippen molar-refractivity contribution < 1.29 is 14.6 Å². The van der Waals surface area contributed by atoms with Crippen molar-refractivity contribution in [2.24, 2.45) is 0 Å². The van der Waals surface area contributed by atoms with Crippen molar-refractivity contribution in [3.05, 3.63) is 105 Å². The largest absolute Gasteiger partial charge is 0.503 e. The van der Waals surface area contributed by atoms with E-state index in [2.05, 4.69) is 15.9 Å². The summed E-state index contributed by atoms with van der Waals surface area (Å²) in [7, 11) is 1.62. The lowest BCUT2D eigenvalue weighted by Crippen LogP contribution is -2.30. The van der Waals surface area contributed by atoms with E-state index >= 15 is 0 Å². The van der Waals surface area contributed by atoms with Gasteiger partial charge in [0.1, 0.15) is 5.75 Å². The number of benzene rings is 3. The van der Waals surface area contributed by atoms with Crippen LogP contribution in [0.1, 0.15) is 28.3 Å². The number of amides is 1. The third-order valence-electron chi connectivity index (χ3n) is 5.35. The van der Waals surface area contributed by atoms with Gasteiger partial charge < -0.3 is 14.7 Å². The van der Waals surface area contributed by atoms with Gasteiger partial charge in [-0.05, 0) is 41.8 Å². The smallest absolute Gasteiger partial charge is 0.290 e. The van der Waals surface area contributed by atoms with Crippen LogP contribution < -0.4 is 4.74 Å². The zero-order chi connectivity index (χ0) is 21.3. The van der Waals surface area contributed by atoms with Gasteiger partial charge in [0, 0.05) is 16.6 Å². The lowest BCUT2D eigenvalue weighted by molar-refractivity contribution is -0.130. The first-order valence-electron chi connectivity index (χ1n) is 9.68. The molecule has 1 amide bonds. The van der Waals surface area contributed by atoms with Gasteiger partial charge in [0.25, 0.3) is 5.91 Å². The van der Waals surface area contributed by atoms with E-state index in [-0.39, 0.29) is 11.7 Å². The SMILES string of the molecule is COc1cccc(CN2C(=O)C(O)=C(c3ccc(C)cc3)[C@@H]2c2ccccc2Br)c1. The van der Waals surface area contributed by atoms with Crippen molar-refractivity contribution in [1.82, 2.24) is 4.90 Å². The molecule has 0 radical (unpaired) electrons. The number of carbonyl (C=O) groups is 1. The van der Waals surface area contributed by atoms with E-state index in [1.807, 2.05) is 79.7 Å². The zero-order valence-corrected chi connectivity index (χ0v) is 18.4. The second-order valence-corrected chi connectivity index (χ2v) is 8.19. The van der Waals surface area contributed by atoms with E-state index in [1.165, 1.54) is 0 Å². The van der Waals surface area contributed by atoms with E-state index in [0.717, 1.165) is 32.5 Å². The molecule has 3 aromatic rings. The fourth-order valence-electron chi connectivity index (χ4n) is 3.83. The van der Waals surface area contributed by atoms with Gasteiger partial charge in [-0.25, -0.2) is 0 Å². The monoisotopic (exact) mass is 463 g/mol. The molecule has 0 fully saturated rings. The molecule has 1 N–H and O–H groups in total. The Hall–Kier alpha value is -3.05. The van der Waals surface area contributed by atoms with Gasteiger partial charge in [-0.3, -0.25) is 4.79 Å². The highest BCUT2D eigenvalue weighted by Gasteiger charge is 2.41. The minimum absolute atomic E-state index is 0.206. The van der Waals surface area contributed by atoms with E-state index in [4.69, 9.17) is 4.74 Å². The second-order valence-electron chi connectivity index (χ2n) is 7.34. The van der Waals surface area contributed by atoms with Crippen LogP contribution >= 0.6 is 15.9 Å². The summed E-state index contributed by atoms with van der Waals surface area (Å²) in [6.07, 6.45) is 0. The molecule has 152 valence electrons. The maximum atomic E-state index is 13.2. The predicted octanol–water partition coefficient (Wildman–Crippen LogP) is 5.82. The molecule has 4 rings (SSSR count). The molecule has 0 aliphatic carbocycles. The molecule has 4 nitrogen and oxygen atoms in total. The number of aryl methyl sites for hydroxylation is 1. The van der Waals surface area contributed by atoms with Crippen LogP contribution in [0.2, 0.25) is 0 Å². The number of aliphatic hydroxyl groups is 1. The minimum atomic E-state index is -0.415. The molecule has 0 aromatic heterocycles. The molecule has 0 spiro atoms. The van der Waals surface area contributed by atoms with Crippen molar-refractivity contribution in [3.63, 3.8) is 0 Å². The van der Waals surface area contributed by atoms with E-state index in [0.29, 0.717) is 12.1 Å². The molecule has 0 saturated heterocycles. The summed E-state index contributed by atoms with van der Waals surface area (Å²) in [4.78, 5) is 14.9. The third-order valence-corrected chi connectivity index (χ3v) is 6.08.